The predicted octanol–water partition coefficient (Wildman–Crippen LogP) is 1.57. The maximum absolute atomic E-state index is 12.1. The van der Waals surface area contributed by atoms with Gasteiger partial charge in [-0.2, -0.15) is 0 Å². The fourth-order valence-corrected chi connectivity index (χ4v) is 2.83. The molecule has 0 unspecified atom stereocenters. The molecule has 1 saturated carbocycles. The highest BCUT2D eigenvalue weighted by Crippen LogP contribution is 2.28. The third-order valence-corrected chi connectivity index (χ3v) is 6.32. The minimum atomic E-state index is -3.11. The number of nitrogens with zero attached hydrogens (tertiary/aromatic N) is 1. The van der Waals surface area contributed by atoms with Gasteiger partial charge in [-0.15, -0.1) is 0 Å². The molecule has 1 rings (SSSR count). The van der Waals surface area contributed by atoms with Crippen LogP contribution in [0.3, 0.4) is 0 Å². The second kappa shape index (κ2) is 9.47. The van der Waals surface area contributed by atoms with Crippen molar-refractivity contribution in [2.45, 2.75) is 51.7 Å². The Kier molecular flexibility index (Phi) is 8.33. The zero-order valence-corrected chi connectivity index (χ0v) is 15.8. The van der Waals surface area contributed by atoms with Crippen LogP contribution in [0.2, 0.25) is 0 Å². The standard InChI is InChI=1S/C16H33N3O3S/c1-5-17-15(18-9-6-11-22-13-14-7-8-14)19-10-12-23(20,21)16(2,3)4/h14H,5-13H2,1-4H3,(H2,17,18,19). The van der Waals surface area contributed by atoms with Crippen LogP contribution in [0.25, 0.3) is 0 Å². The van der Waals surface area contributed by atoms with Gasteiger partial charge in [-0.3, -0.25) is 4.99 Å². The van der Waals surface area contributed by atoms with Crippen LogP contribution < -0.4 is 10.6 Å². The van der Waals surface area contributed by atoms with E-state index in [1.807, 2.05) is 6.92 Å². The lowest BCUT2D eigenvalue weighted by atomic mass is 10.3. The molecule has 23 heavy (non-hydrogen) atoms. The van der Waals surface area contributed by atoms with Crippen LogP contribution in [0.4, 0.5) is 0 Å². The highest BCUT2D eigenvalue weighted by molar-refractivity contribution is 7.92. The van der Waals surface area contributed by atoms with Gasteiger partial charge in [-0.05, 0) is 52.9 Å². The molecular weight excluding hydrogens is 314 g/mol. The van der Waals surface area contributed by atoms with Crippen LogP contribution in [0.15, 0.2) is 4.99 Å². The van der Waals surface area contributed by atoms with Crippen molar-refractivity contribution < 1.29 is 13.2 Å². The molecule has 0 saturated heterocycles. The van der Waals surface area contributed by atoms with Crippen molar-refractivity contribution in [3.05, 3.63) is 0 Å². The van der Waals surface area contributed by atoms with Crippen molar-refractivity contribution in [1.82, 2.24) is 10.6 Å². The summed E-state index contributed by atoms with van der Waals surface area (Å²) >= 11 is 0. The highest BCUT2D eigenvalue weighted by Gasteiger charge is 2.28. The number of ether oxygens (including phenoxy) is 1. The summed E-state index contributed by atoms with van der Waals surface area (Å²) in [4.78, 5) is 4.45. The van der Waals surface area contributed by atoms with E-state index >= 15 is 0 Å². The van der Waals surface area contributed by atoms with Gasteiger partial charge in [-0.1, -0.05) is 0 Å². The Labute approximate surface area is 141 Å². The quantitative estimate of drug-likeness (QED) is 0.356. The third kappa shape index (κ3) is 8.55. The third-order valence-electron chi connectivity index (χ3n) is 3.71. The molecular formula is C16H33N3O3S. The fourth-order valence-electron chi connectivity index (χ4n) is 1.84. The van der Waals surface area contributed by atoms with Crippen molar-refractivity contribution in [3.63, 3.8) is 0 Å². The minimum Gasteiger partial charge on any atom is -0.381 e. The van der Waals surface area contributed by atoms with Crippen LogP contribution in [-0.2, 0) is 14.6 Å². The summed E-state index contributed by atoms with van der Waals surface area (Å²) < 4.78 is 29.0. The van der Waals surface area contributed by atoms with E-state index in [0.29, 0.717) is 19.0 Å². The van der Waals surface area contributed by atoms with Gasteiger partial charge in [-0.25, -0.2) is 8.42 Å². The van der Waals surface area contributed by atoms with E-state index in [1.54, 1.807) is 20.8 Å². The van der Waals surface area contributed by atoms with Crippen molar-refractivity contribution in [2.24, 2.45) is 10.9 Å². The summed E-state index contributed by atoms with van der Waals surface area (Å²) in [5, 5.41) is 6.22. The van der Waals surface area contributed by atoms with E-state index in [2.05, 4.69) is 15.6 Å². The summed E-state index contributed by atoms with van der Waals surface area (Å²) in [5.74, 6) is 1.56. The first kappa shape index (κ1) is 20.2. The maximum Gasteiger partial charge on any atom is 0.191 e. The van der Waals surface area contributed by atoms with Gasteiger partial charge in [0, 0.05) is 32.8 Å². The first-order valence-electron chi connectivity index (χ1n) is 8.58. The summed E-state index contributed by atoms with van der Waals surface area (Å²) in [6.45, 7) is 10.6. The molecule has 1 aliphatic rings. The first-order valence-corrected chi connectivity index (χ1v) is 10.2. The summed E-state index contributed by atoms with van der Waals surface area (Å²) in [5.41, 5.74) is 0. The molecule has 0 heterocycles. The number of rotatable bonds is 10. The second-order valence-electron chi connectivity index (χ2n) is 6.99. The number of hydrogen-bond acceptors (Lipinski definition) is 4. The molecule has 0 bridgehead atoms. The lowest BCUT2D eigenvalue weighted by molar-refractivity contribution is 0.123. The maximum atomic E-state index is 12.1. The number of aliphatic imine (C=N–C) groups is 1. The molecule has 7 heteroatoms. The Bertz CT molecular complexity index is 465. The zero-order chi connectivity index (χ0) is 17.3. The van der Waals surface area contributed by atoms with Gasteiger partial charge in [0.15, 0.2) is 15.8 Å². The van der Waals surface area contributed by atoms with Crippen molar-refractivity contribution in [3.8, 4) is 0 Å². The number of sulfone groups is 1. The minimum absolute atomic E-state index is 0.103. The second-order valence-corrected chi connectivity index (χ2v) is 9.85. The Hall–Kier alpha value is -0.820. The molecule has 6 nitrogen and oxygen atoms in total. The average molecular weight is 348 g/mol. The molecule has 0 aliphatic heterocycles. The van der Waals surface area contributed by atoms with Crippen LogP contribution in [0.1, 0.15) is 47.0 Å². The van der Waals surface area contributed by atoms with Crippen LogP contribution in [-0.4, -0.2) is 57.7 Å². The van der Waals surface area contributed by atoms with Gasteiger partial charge in [0.05, 0.1) is 10.5 Å². The monoisotopic (exact) mass is 347 g/mol. The molecule has 1 fully saturated rings. The number of hydrogen-bond donors (Lipinski definition) is 2. The van der Waals surface area contributed by atoms with Gasteiger partial charge in [0.25, 0.3) is 0 Å². The van der Waals surface area contributed by atoms with Crippen molar-refractivity contribution in [2.75, 3.05) is 38.6 Å². The molecule has 0 aromatic heterocycles. The Morgan fingerprint density at radius 1 is 1.26 bits per heavy atom. The van der Waals surface area contributed by atoms with Gasteiger partial charge < -0.3 is 15.4 Å². The van der Waals surface area contributed by atoms with E-state index in [9.17, 15) is 8.42 Å². The fraction of sp³-hybridized carbons (Fsp3) is 0.938. The van der Waals surface area contributed by atoms with Crippen LogP contribution in [0, 0.1) is 5.92 Å². The van der Waals surface area contributed by atoms with E-state index < -0.39 is 14.6 Å². The van der Waals surface area contributed by atoms with E-state index in [1.165, 1.54) is 12.8 Å². The molecule has 0 radical (unpaired) electrons. The predicted molar refractivity (Wildman–Crippen MR) is 95.7 cm³/mol. The van der Waals surface area contributed by atoms with Crippen LogP contribution in [0.5, 0.6) is 0 Å². The van der Waals surface area contributed by atoms with Gasteiger partial charge in [0.1, 0.15) is 0 Å². The van der Waals surface area contributed by atoms with Gasteiger partial charge in [0.2, 0.25) is 0 Å². The molecule has 0 atom stereocenters. The van der Waals surface area contributed by atoms with Gasteiger partial charge >= 0.3 is 0 Å². The molecule has 1 aliphatic carbocycles. The summed E-state index contributed by atoms with van der Waals surface area (Å²) in [6.07, 6.45) is 3.50. The number of guanidine groups is 1. The zero-order valence-electron chi connectivity index (χ0n) is 15.0. The molecule has 136 valence electrons. The van der Waals surface area contributed by atoms with Crippen LogP contribution >= 0.6 is 0 Å². The summed E-state index contributed by atoms with van der Waals surface area (Å²) in [7, 11) is -3.11. The SMILES string of the molecule is CCNC(=NCCCOCC1CC1)NCCS(=O)(=O)C(C)(C)C. The lowest BCUT2D eigenvalue weighted by Gasteiger charge is -2.19. The Balaban J connectivity index is 2.25. The smallest absolute Gasteiger partial charge is 0.191 e. The molecule has 0 aromatic rings. The molecule has 0 aromatic carbocycles. The number of nitrogens with one attached hydrogen (secondary N) is 2. The first-order chi connectivity index (χ1) is 10.8. The van der Waals surface area contributed by atoms with E-state index in [0.717, 1.165) is 32.1 Å². The largest absolute Gasteiger partial charge is 0.381 e. The summed E-state index contributed by atoms with van der Waals surface area (Å²) in [6, 6.07) is 0. The average Bonchev–Trinajstić information content (AvgIpc) is 3.25. The topological polar surface area (TPSA) is 79.8 Å². The normalized spacial score (nSPS) is 16.4. The molecule has 2 N–H and O–H groups in total. The van der Waals surface area contributed by atoms with E-state index in [4.69, 9.17) is 4.74 Å². The molecule has 0 amide bonds. The van der Waals surface area contributed by atoms with Crippen molar-refractivity contribution in [1.29, 1.82) is 0 Å². The Morgan fingerprint density at radius 3 is 2.52 bits per heavy atom. The van der Waals surface area contributed by atoms with Crippen molar-refractivity contribution >= 4 is 15.8 Å². The lowest BCUT2D eigenvalue weighted by Crippen LogP contribution is -2.41. The Morgan fingerprint density at radius 2 is 1.96 bits per heavy atom. The van der Waals surface area contributed by atoms with E-state index in [-0.39, 0.29) is 5.75 Å². The highest BCUT2D eigenvalue weighted by atomic mass is 32.2. The molecule has 0 spiro atoms.